The Morgan fingerprint density at radius 1 is 0.900 bits per heavy atom. The first-order valence-corrected chi connectivity index (χ1v) is 11.3. The molecule has 1 saturated heterocycles. The van der Waals surface area contributed by atoms with Crippen molar-refractivity contribution in [1.82, 2.24) is 4.90 Å². The van der Waals surface area contributed by atoms with E-state index in [4.69, 9.17) is 4.74 Å². The Morgan fingerprint density at radius 2 is 1.47 bits per heavy atom. The fourth-order valence-electron chi connectivity index (χ4n) is 4.89. The molecule has 3 nitrogen and oxygen atoms in total. The molecule has 1 amide bonds. The average molecular weight is 418 g/mol. The molecule has 0 bridgehead atoms. The Bertz CT molecular complexity index is 1040. The summed E-state index contributed by atoms with van der Waals surface area (Å²) in [5.74, 6) is 0.159. The zero-order valence-electron chi connectivity index (χ0n) is 17.9. The van der Waals surface area contributed by atoms with Crippen molar-refractivity contribution in [3.8, 4) is 0 Å². The highest BCUT2D eigenvalue weighted by Gasteiger charge is 2.63. The van der Waals surface area contributed by atoms with Gasteiger partial charge < -0.3 is 9.64 Å². The van der Waals surface area contributed by atoms with Gasteiger partial charge in [-0.1, -0.05) is 88.4 Å². The van der Waals surface area contributed by atoms with E-state index in [2.05, 4.69) is 87.7 Å². The van der Waals surface area contributed by atoms with Crippen molar-refractivity contribution in [1.29, 1.82) is 0 Å². The van der Waals surface area contributed by atoms with Gasteiger partial charge in [-0.2, -0.15) is 0 Å². The topological polar surface area (TPSA) is 29.5 Å². The average Bonchev–Trinajstić information content (AvgIpc) is 3.21. The van der Waals surface area contributed by atoms with Crippen molar-refractivity contribution in [2.45, 2.75) is 46.1 Å². The van der Waals surface area contributed by atoms with Gasteiger partial charge in [0, 0.05) is 12.0 Å². The van der Waals surface area contributed by atoms with Gasteiger partial charge in [0.2, 0.25) is 5.91 Å². The van der Waals surface area contributed by atoms with Gasteiger partial charge in [-0.3, -0.25) is 4.79 Å². The quantitative estimate of drug-likeness (QED) is 0.528. The van der Waals surface area contributed by atoms with Crippen molar-refractivity contribution in [2.75, 3.05) is 0 Å². The highest BCUT2D eigenvalue weighted by molar-refractivity contribution is 7.10. The molecule has 154 valence electrons. The fourth-order valence-corrected chi connectivity index (χ4v) is 5.99. The number of ether oxygens (including phenoxy) is 1. The molecule has 1 fully saturated rings. The van der Waals surface area contributed by atoms with Crippen molar-refractivity contribution in [3.63, 3.8) is 0 Å². The zero-order chi connectivity index (χ0) is 21.1. The second-order valence-electron chi connectivity index (χ2n) is 9.44. The van der Waals surface area contributed by atoms with E-state index < -0.39 is 11.0 Å². The summed E-state index contributed by atoms with van der Waals surface area (Å²) in [7, 11) is 0. The summed E-state index contributed by atoms with van der Waals surface area (Å²) < 4.78 is 7.22. The maximum atomic E-state index is 13.5. The number of carbonyl (C=O) groups excluding carboxylic acids is 1. The molecule has 2 aliphatic heterocycles. The van der Waals surface area contributed by atoms with Crippen LogP contribution in [0.25, 0.3) is 0 Å². The molecule has 0 spiro atoms. The van der Waals surface area contributed by atoms with E-state index in [0.29, 0.717) is 6.54 Å². The predicted molar refractivity (Wildman–Crippen MR) is 120 cm³/mol. The van der Waals surface area contributed by atoms with Crippen LogP contribution in [0.2, 0.25) is 0 Å². The fraction of sp³-hybridized carbons (Fsp3) is 0.346. The van der Waals surface area contributed by atoms with Gasteiger partial charge in [0.25, 0.3) is 0 Å². The maximum Gasteiger partial charge on any atom is 0.231 e. The molecule has 3 aromatic rings. The standard InChI is InChI=1S/C26H27NO2S/c1-24(2)22(28)27-17-18-15-16-30-21(18)26(19-11-7-5-8-12-19,20-13-9-6-10-14-20)29-23(27)25(24,3)4/h5-16,23H,17H2,1-4H3. The third-order valence-corrected chi connectivity index (χ3v) is 8.42. The molecule has 2 aromatic carbocycles. The number of fused-ring (bicyclic) bond motifs is 2. The molecular formula is C26H27NO2S. The Kier molecular flexibility index (Phi) is 4.25. The molecular weight excluding hydrogens is 390 g/mol. The number of benzene rings is 2. The lowest BCUT2D eigenvalue weighted by molar-refractivity contribution is -0.157. The Labute approximate surface area is 182 Å². The van der Waals surface area contributed by atoms with Gasteiger partial charge in [-0.15, -0.1) is 11.3 Å². The van der Waals surface area contributed by atoms with Crippen LogP contribution < -0.4 is 0 Å². The van der Waals surface area contributed by atoms with Gasteiger partial charge in [0.05, 0.1) is 10.3 Å². The molecule has 1 unspecified atom stereocenters. The van der Waals surface area contributed by atoms with Crippen LogP contribution in [0.5, 0.6) is 0 Å². The van der Waals surface area contributed by atoms with Gasteiger partial charge >= 0.3 is 0 Å². The summed E-state index contributed by atoms with van der Waals surface area (Å²) in [4.78, 5) is 16.6. The summed E-state index contributed by atoms with van der Waals surface area (Å²) >= 11 is 1.71. The molecule has 0 N–H and O–H groups in total. The van der Waals surface area contributed by atoms with E-state index in [0.717, 1.165) is 21.6 Å². The third-order valence-electron chi connectivity index (χ3n) is 7.36. The normalized spacial score (nSPS) is 23.5. The first kappa shape index (κ1) is 19.5. The van der Waals surface area contributed by atoms with Gasteiger partial charge in [-0.25, -0.2) is 0 Å². The van der Waals surface area contributed by atoms with E-state index >= 15 is 0 Å². The highest BCUT2D eigenvalue weighted by Crippen LogP contribution is 2.57. The Morgan fingerprint density at radius 3 is 2.03 bits per heavy atom. The SMILES string of the molecule is CC1(C)C(=O)N2Cc3ccsc3C(c3ccccc3)(c3ccccc3)OC2C1(C)C. The number of amides is 1. The zero-order valence-corrected chi connectivity index (χ0v) is 18.7. The van der Waals surface area contributed by atoms with Gasteiger partial charge in [-0.05, 0) is 28.1 Å². The third kappa shape index (κ3) is 2.44. The second-order valence-corrected chi connectivity index (χ2v) is 10.4. The van der Waals surface area contributed by atoms with Crippen molar-refractivity contribution < 1.29 is 9.53 Å². The molecule has 0 aliphatic carbocycles. The molecule has 2 aliphatic rings. The summed E-state index contributed by atoms with van der Waals surface area (Å²) in [6, 6.07) is 23.0. The molecule has 4 heteroatoms. The van der Waals surface area contributed by atoms with Crippen LogP contribution in [0.15, 0.2) is 72.1 Å². The number of nitrogens with zero attached hydrogens (tertiary/aromatic N) is 1. The minimum Gasteiger partial charge on any atom is -0.336 e. The number of hydrogen-bond donors (Lipinski definition) is 0. The molecule has 0 saturated carbocycles. The summed E-state index contributed by atoms with van der Waals surface area (Å²) in [6.45, 7) is 9.01. The van der Waals surface area contributed by atoms with E-state index in [-0.39, 0.29) is 17.6 Å². The van der Waals surface area contributed by atoms with Crippen molar-refractivity contribution >= 4 is 17.2 Å². The lowest BCUT2D eigenvalue weighted by Crippen LogP contribution is -2.46. The number of hydrogen-bond acceptors (Lipinski definition) is 3. The predicted octanol–water partition coefficient (Wildman–Crippen LogP) is 5.79. The van der Waals surface area contributed by atoms with Crippen molar-refractivity contribution in [2.24, 2.45) is 10.8 Å². The lowest BCUT2D eigenvalue weighted by Gasteiger charge is -2.42. The molecule has 5 rings (SSSR count). The molecule has 3 heterocycles. The van der Waals surface area contributed by atoms with Crippen LogP contribution in [0.3, 0.4) is 0 Å². The maximum absolute atomic E-state index is 13.5. The smallest absolute Gasteiger partial charge is 0.231 e. The summed E-state index contributed by atoms with van der Waals surface area (Å²) in [5.41, 5.74) is 1.72. The largest absolute Gasteiger partial charge is 0.336 e. The minimum atomic E-state index is -0.761. The van der Waals surface area contributed by atoms with Gasteiger partial charge in [0.15, 0.2) is 5.60 Å². The monoisotopic (exact) mass is 417 g/mol. The highest BCUT2D eigenvalue weighted by atomic mass is 32.1. The van der Waals surface area contributed by atoms with Crippen LogP contribution in [-0.2, 0) is 21.7 Å². The first-order valence-electron chi connectivity index (χ1n) is 10.5. The Hall–Kier alpha value is -2.43. The van der Waals surface area contributed by atoms with Crippen LogP contribution in [-0.4, -0.2) is 17.0 Å². The van der Waals surface area contributed by atoms with Gasteiger partial charge in [0.1, 0.15) is 6.23 Å². The van der Waals surface area contributed by atoms with Crippen LogP contribution in [0.1, 0.15) is 49.3 Å². The summed E-state index contributed by atoms with van der Waals surface area (Å²) in [5, 5.41) is 2.12. The Balaban J connectivity index is 1.82. The lowest BCUT2D eigenvalue weighted by atomic mass is 9.69. The van der Waals surface area contributed by atoms with Crippen LogP contribution in [0.4, 0.5) is 0 Å². The van der Waals surface area contributed by atoms with Crippen molar-refractivity contribution in [3.05, 3.63) is 93.7 Å². The molecule has 1 atom stereocenters. The number of rotatable bonds is 2. The van der Waals surface area contributed by atoms with E-state index in [1.165, 1.54) is 0 Å². The number of thiophene rings is 1. The minimum absolute atomic E-state index is 0.159. The second kappa shape index (κ2) is 6.53. The molecule has 0 radical (unpaired) electrons. The van der Waals surface area contributed by atoms with Crippen LogP contribution in [0, 0.1) is 10.8 Å². The van der Waals surface area contributed by atoms with Crippen LogP contribution >= 0.6 is 11.3 Å². The van der Waals surface area contributed by atoms with E-state index in [1.54, 1.807) is 11.3 Å². The number of carbonyl (C=O) groups is 1. The summed E-state index contributed by atoms with van der Waals surface area (Å²) in [6.07, 6.45) is -0.333. The molecule has 1 aromatic heterocycles. The molecule has 30 heavy (non-hydrogen) atoms. The van der Waals surface area contributed by atoms with E-state index in [9.17, 15) is 4.79 Å². The van der Waals surface area contributed by atoms with E-state index in [1.807, 2.05) is 17.0 Å². The first-order chi connectivity index (χ1) is 14.3.